The third kappa shape index (κ3) is 1.27. The maximum atomic E-state index is 2.70. The zero-order valence-electron chi connectivity index (χ0n) is 10.6. The largest absolute Gasteiger partial charge is 0.303 e. The van der Waals surface area contributed by atoms with Gasteiger partial charge in [0.05, 0.1) is 0 Å². The maximum absolute atomic E-state index is 2.70. The molecule has 1 aliphatic heterocycles. The Bertz CT molecular complexity index is 261. The van der Waals surface area contributed by atoms with Crippen LogP contribution in [0.2, 0.25) is 0 Å². The summed E-state index contributed by atoms with van der Waals surface area (Å²) in [6, 6.07) is 0.959. The first kappa shape index (κ1) is 9.94. The summed E-state index contributed by atoms with van der Waals surface area (Å²) < 4.78 is 0. The highest BCUT2D eigenvalue weighted by molar-refractivity contribution is 5.07. The lowest BCUT2D eigenvalue weighted by Crippen LogP contribution is -2.54. The lowest BCUT2D eigenvalue weighted by molar-refractivity contribution is -0.0891. The van der Waals surface area contributed by atoms with Crippen LogP contribution in [0.1, 0.15) is 51.4 Å². The average molecular weight is 219 g/mol. The molecule has 1 atom stereocenters. The average Bonchev–Trinajstić information content (AvgIpc) is 2.62. The van der Waals surface area contributed by atoms with Crippen molar-refractivity contribution in [2.45, 2.75) is 57.4 Å². The zero-order chi connectivity index (χ0) is 10.8. The monoisotopic (exact) mass is 219 g/mol. The molecule has 4 saturated carbocycles. The second kappa shape index (κ2) is 3.25. The van der Waals surface area contributed by atoms with Gasteiger partial charge in [0.25, 0.3) is 0 Å². The second-order valence-electron chi connectivity index (χ2n) is 7.42. The first-order valence-electron chi connectivity index (χ1n) is 7.45. The Labute approximate surface area is 99.6 Å². The lowest BCUT2D eigenvalue weighted by atomic mass is 9.47. The van der Waals surface area contributed by atoms with Crippen molar-refractivity contribution in [1.82, 2.24) is 4.90 Å². The normalized spacial score (nSPS) is 56.1. The van der Waals surface area contributed by atoms with Crippen molar-refractivity contribution in [2.24, 2.45) is 23.2 Å². The summed E-state index contributed by atoms with van der Waals surface area (Å²) in [5.74, 6) is 3.38. The van der Waals surface area contributed by atoms with Crippen molar-refractivity contribution >= 4 is 0 Å². The number of likely N-dealkylation sites (tertiary alicyclic amines) is 1. The van der Waals surface area contributed by atoms with Crippen molar-refractivity contribution < 1.29 is 0 Å². The minimum Gasteiger partial charge on any atom is -0.303 e. The van der Waals surface area contributed by atoms with Gasteiger partial charge < -0.3 is 4.90 Å². The number of hydrogen-bond acceptors (Lipinski definition) is 1. The van der Waals surface area contributed by atoms with E-state index >= 15 is 0 Å². The van der Waals surface area contributed by atoms with Gasteiger partial charge in [0, 0.05) is 6.04 Å². The van der Waals surface area contributed by atoms with Gasteiger partial charge >= 0.3 is 0 Å². The summed E-state index contributed by atoms with van der Waals surface area (Å²) in [4.78, 5) is 2.70. The highest BCUT2D eigenvalue weighted by Gasteiger charge is 2.55. The van der Waals surface area contributed by atoms with E-state index in [-0.39, 0.29) is 0 Å². The van der Waals surface area contributed by atoms with Crippen LogP contribution in [-0.2, 0) is 0 Å². The van der Waals surface area contributed by atoms with Gasteiger partial charge in [-0.2, -0.15) is 0 Å². The Morgan fingerprint density at radius 2 is 1.50 bits per heavy atom. The smallest absolute Gasteiger partial charge is 0.0149 e. The van der Waals surface area contributed by atoms with E-state index in [1.807, 2.05) is 0 Å². The standard InChI is InChI=1S/C15H25N/c1-16-4-2-3-14(16)15-8-11-5-12(9-15)7-13(6-11)10-15/h11-14H,2-10H2,1H3/t11?,12?,13?,14-,15?/m0/s1. The van der Waals surface area contributed by atoms with Gasteiger partial charge in [-0.25, -0.2) is 0 Å². The van der Waals surface area contributed by atoms with E-state index in [9.17, 15) is 0 Å². The van der Waals surface area contributed by atoms with E-state index in [4.69, 9.17) is 0 Å². The molecule has 16 heavy (non-hydrogen) atoms. The molecule has 0 spiro atoms. The summed E-state index contributed by atoms with van der Waals surface area (Å²) in [6.45, 7) is 1.37. The van der Waals surface area contributed by atoms with Crippen LogP contribution in [0.3, 0.4) is 0 Å². The number of rotatable bonds is 1. The molecular weight excluding hydrogens is 194 g/mol. The second-order valence-corrected chi connectivity index (χ2v) is 7.42. The third-order valence-electron chi connectivity index (χ3n) is 6.31. The Kier molecular flexibility index (Phi) is 2.02. The van der Waals surface area contributed by atoms with E-state index in [2.05, 4.69) is 11.9 Å². The van der Waals surface area contributed by atoms with Crippen molar-refractivity contribution in [3.05, 3.63) is 0 Å². The summed E-state index contributed by atoms with van der Waals surface area (Å²) in [6.07, 6.45) is 12.5. The van der Waals surface area contributed by atoms with Crippen LogP contribution in [-0.4, -0.2) is 24.5 Å². The van der Waals surface area contributed by atoms with Crippen molar-refractivity contribution in [1.29, 1.82) is 0 Å². The van der Waals surface area contributed by atoms with Crippen LogP contribution < -0.4 is 0 Å². The molecule has 5 fully saturated rings. The highest BCUT2D eigenvalue weighted by Crippen LogP contribution is 2.62. The molecule has 0 aromatic carbocycles. The van der Waals surface area contributed by atoms with Crippen LogP contribution in [0.15, 0.2) is 0 Å². The Morgan fingerprint density at radius 1 is 0.938 bits per heavy atom. The highest BCUT2D eigenvalue weighted by atomic mass is 15.2. The van der Waals surface area contributed by atoms with Gasteiger partial charge in [-0.15, -0.1) is 0 Å². The summed E-state index contributed by atoms with van der Waals surface area (Å²) >= 11 is 0. The molecule has 1 nitrogen and oxygen atoms in total. The van der Waals surface area contributed by atoms with Crippen molar-refractivity contribution in [2.75, 3.05) is 13.6 Å². The molecule has 0 aromatic heterocycles. The molecule has 5 aliphatic rings. The summed E-state index contributed by atoms with van der Waals surface area (Å²) in [5.41, 5.74) is 0.778. The molecule has 90 valence electrons. The molecular formula is C15H25N. The van der Waals surface area contributed by atoms with E-state index in [1.54, 1.807) is 38.5 Å². The number of nitrogens with zero attached hydrogens (tertiary/aromatic N) is 1. The fourth-order valence-electron chi connectivity index (χ4n) is 6.27. The first-order valence-corrected chi connectivity index (χ1v) is 7.45. The van der Waals surface area contributed by atoms with Crippen LogP contribution in [0, 0.1) is 23.2 Å². The van der Waals surface area contributed by atoms with Gasteiger partial charge in [-0.3, -0.25) is 0 Å². The van der Waals surface area contributed by atoms with E-state index in [0.717, 1.165) is 29.2 Å². The predicted molar refractivity (Wildman–Crippen MR) is 66.3 cm³/mol. The molecule has 1 heteroatoms. The Hall–Kier alpha value is -0.0400. The topological polar surface area (TPSA) is 3.24 Å². The lowest BCUT2D eigenvalue weighted by Gasteiger charge is -2.60. The van der Waals surface area contributed by atoms with E-state index < -0.39 is 0 Å². The van der Waals surface area contributed by atoms with Crippen LogP contribution >= 0.6 is 0 Å². The molecule has 0 aromatic rings. The molecule has 4 aliphatic carbocycles. The zero-order valence-corrected chi connectivity index (χ0v) is 10.6. The van der Waals surface area contributed by atoms with E-state index in [1.165, 1.54) is 19.4 Å². The minimum atomic E-state index is 0.778. The summed E-state index contributed by atoms with van der Waals surface area (Å²) in [7, 11) is 2.39. The molecule has 1 saturated heterocycles. The van der Waals surface area contributed by atoms with Crippen LogP contribution in [0.4, 0.5) is 0 Å². The van der Waals surface area contributed by atoms with Gasteiger partial charge in [0.1, 0.15) is 0 Å². The molecule has 5 rings (SSSR count). The summed E-state index contributed by atoms with van der Waals surface area (Å²) in [5, 5.41) is 0. The Balaban J connectivity index is 1.66. The van der Waals surface area contributed by atoms with Crippen molar-refractivity contribution in [3.63, 3.8) is 0 Å². The van der Waals surface area contributed by atoms with Crippen molar-refractivity contribution in [3.8, 4) is 0 Å². The fraction of sp³-hybridized carbons (Fsp3) is 1.00. The van der Waals surface area contributed by atoms with Gasteiger partial charge in [-0.05, 0) is 88.1 Å². The molecule has 0 radical (unpaired) electrons. The fourth-order valence-corrected chi connectivity index (χ4v) is 6.27. The van der Waals surface area contributed by atoms with Gasteiger partial charge in [0.2, 0.25) is 0 Å². The molecule has 4 bridgehead atoms. The molecule has 0 unspecified atom stereocenters. The van der Waals surface area contributed by atoms with Crippen LogP contribution in [0.5, 0.6) is 0 Å². The predicted octanol–water partition coefficient (Wildman–Crippen LogP) is 3.30. The number of hydrogen-bond donors (Lipinski definition) is 0. The SMILES string of the molecule is CN1CCC[C@H]1C12CC3CC(CC(C3)C1)C2. The minimum absolute atomic E-state index is 0.778. The van der Waals surface area contributed by atoms with E-state index in [0.29, 0.717) is 0 Å². The molecule has 1 heterocycles. The van der Waals surface area contributed by atoms with Crippen LogP contribution in [0.25, 0.3) is 0 Å². The molecule has 0 amide bonds. The van der Waals surface area contributed by atoms with Gasteiger partial charge in [-0.1, -0.05) is 0 Å². The quantitative estimate of drug-likeness (QED) is 0.654. The third-order valence-corrected chi connectivity index (χ3v) is 6.31. The molecule has 0 N–H and O–H groups in total. The Morgan fingerprint density at radius 3 is 1.94 bits per heavy atom. The maximum Gasteiger partial charge on any atom is 0.0149 e. The van der Waals surface area contributed by atoms with Gasteiger partial charge in [0.15, 0.2) is 0 Å². The first-order chi connectivity index (χ1) is 7.75.